The number of carbonyl (C=O) groups is 2. The van der Waals surface area contributed by atoms with Gasteiger partial charge in [0.2, 0.25) is 0 Å². The smallest absolute Gasteiger partial charge is 0.332 e. The zero-order valence-electron chi connectivity index (χ0n) is 9.17. The molecule has 0 aliphatic carbocycles. The summed E-state index contributed by atoms with van der Waals surface area (Å²) in [5, 5.41) is 11.3. The molecule has 96 valence electrons. The number of rotatable bonds is 3. The molecule has 0 bridgehead atoms. The standard InChI is InChI=1S/C10H10BrN3O4/c11-7-3-13-8(4-12-7)14-9(15)5-1-2-6(18-5)10(16)17/h3-6H,1-2H2,(H,16,17)(H,13,14,15)/t5-,6+/m0/s1. The van der Waals surface area contributed by atoms with Crippen molar-refractivity contribution in [3.05, 3.63) is 17.0 Å². The maximum absolute atomic E-state index is 11.8. The number of aliphatic carboxylic acids is 1. The van der Waals surface area contributed by atoms with Gasteiger partial charge in [0.05, 0.1) is 12.4 Å². The summed E-state index contributed by atoms with van der Waals surface area (Å²) in [6, 6.07) is 0. The fourth-order valence-corrected chi connectivity index (χ4v) is 1.80. The Balaban J connectivity index is 1.93. The second-order valence-corrected chi connectivity index (χ2v) is 4.56. The number of carbonyl (C=O) groups excluding carboxylic acids is 1. The van der Waals surface area contributed by atoms with E-state index in [0.717, 1.165) is 0 Å². The Kier molecular flexibility index (Phi) is 3.87. The van der Waals surface area contributed by atoms with Crippen LogP contribution in [0.15, 0.2) is 17.0 Å². The lowest BCUT2D eigenvalue weighted by Crippen LogP contribution is -2.30. The van der Waals surface area contributed by atoms with Crippen LogP contribution in [0.25, 0.3) is 0 Å². The highest BCUT2D eigenvalue weighted by atomic mass is 79.9. The lowest BCUT2D eigenvalue weighted by Gasteiger charge is -2.10. The van der Waals surface area contributed by atoms with Gasteiger partial charge in [0, 0.05) is 0 Å². The van der Waals surface area contributed by atoms with Crippen LogP contribution in [0.5, 0.6) is 0 Å². The van der Waals surface area contributed by atoms with Gasteiger partial charge in [-0.05, 0) is 28.8 Å². The van der Waals surface area contributed by atoms with Crippen LogP contribution in [0.4, 0.5) is 5.82 Å². The molecule has 1 aromatic rings. The number of ether oxygens (including phenoxy) is 1. The molecule has 2 atom stereocenters. The largest absolute Gasteiger partial charge is 0.479 e. The number of hydrogen-bond donors (Lipinski definition) is 2. The van der Waals surface area contributed by atoms with Crippen molar-refractivity contribution in [1.82, 2.24) is 9.97 Å². The number of carboxylic acids is 1. The highest BCUT2D eigenvalue weighted by Crippen LogP contribution is 2.21. The molecule has 18 heavy (non-hydrogen) atoms. The van der Waals surface area contributed by atoms with Crippen molar-refractivity contribution in [1.29, 1.82) is 0 Å². The molecule has 2 rings (SSSR count). The minimum atomic E-state index is -1.05. The number of anilines is 1. The number of aromatic nitrogens is 2. The van der Waals surface area contributed by atoms with E-state index in [-0.39, 0.29) is 0 Å². The van der Waals surface area contributed by atoms with Gasteiger partial charge < -0.3 is 15.2 Å². The van der Waals surface area contributed by atoms with Crippen LogP contribution < -0.4 is 5.32 Å². The lowest BCUT2D eigenvalue weighted by atomic mass is 10.2. The average Bonchev–Trinajstić information content (AvgIpc) is 2.81. The molecular formula is C10H10BrN3O4. The Morgan fingerprint density at radius 1 is 1.33 bits per heavy atom. The molecule has 1 amide bonds. The number of halogens is 1. The molecule has 7 nitrogen and oxygen atoms in total. The Hall–Kier alpha value is -1.54. The summed E-state index contributed by atoms with van der Waals surface area (Å²) in [7, 11) is 0. The maximum Gasteiger partial charge on any atom is 0.332 e. The summed E-state index contributed by atoms with van der Waals surface area (Å²) in [5.74, 6) is -1.16. The van der Waals surface area contributed by atoms with Crippen molar-refractivity contribution >= 4 is 33.6 Å². The molecule has 8 heteroatoms. The normalized spacial score (nSPS) is 22.7. The number of nitrogens with zero attached hydrogens (tertiary/aromatic N) is 2. The number of amides is 1. The summed E-state index contributed by atoms with van der Waals surface area (Å²) in [6.45, 7) is 0. The molecule has 2 N–H and O–H groups in total. The van der Waals surface area contributed by atoms with Gasteiger partial charge in [0.25, 0.3) is 5.91 Å². The second-order valence-electron chi connectivity index (χ2n) is 3.74. The molecule has 1 saturated heterocycles. The molecule has 0 radical (unpaired) electrons. The highest BCUT2D eigenvalue weighted by Gasteiger charge is 2.34. The molecule has 0 saturated carbocycles. The first-order chi connectivity index (χ1) is 8.56. The average molecular weight is 316 g/mol. The maximum atomic E-state index is 11.8. The third kappa shape index (κ3) is 3.02. The van der Waals surface area contributed by atoms with E-state index in [0.29, 0.717) is 23.3 Å². The summed E-state index contributed by atoms with van der Waals surface area (Å²) in [6.07, 6.45) is 1.90. The molecule has 1 aromatic heterocycles. The number of nitrogens with one attached hydrogen (secondary N) is 1. The van der Waals surface area contributed by atoms with Crippen molar-refractivity contribution in [2.75, 3.05) is 5.32 Å². The van der Waals surface area contributed by atoms with E-state index in [9.17, 15) is 9.59 Å². The summed E-state index contributed by atoms with van der Waals surface area (Å²) in [5.41, 5.74) is 0. The Morgan fingerprint density at radius 2 is 2.06 bits per heavy atom. The van der Waals surface area contributed by atoms with Gasteiger partial charge in [-0.25, -0.2) is 14.8 Å². The third-order valence-corrected chi connectivity index (χ3v) is 2.87. The topological polar surface area (TPSA) is 101 Å². The van der Waals surface area contributed by atoms with E-state index in [1.54, 1.807) is 0 Å². The zero-order valence-corrected chi connectivity index (χ0v) is 10.8. The van der Waals surface area contributed by atoms with Gasteiger partial charge in [0.15, 0.2) is 11.9 Å². The van der Waals surface area contributed by atoms with E-state index in [4.69, 9.17) is 9.84 Å². The Labute approximate surface area is 111 Å². The van der Waals surface area contributed by atoms with Crippen molar-refractivity contribution < 1.29 is 19.4 Å². The summed E-state index contributed by atoms with van der Waals surface area (Å²) in [4.78, 5) is 30.3. The first-order valence-corrected chi connectivity index (χ1v) is 6.02. The van der Waals surface area contributed by atoms with Crippen LogP contribution >= 0.6 is 15.9 Å². The zero-order chi connectivity index (χ0) is 13.1. The Morgan fingerprint density at radius 3 is 2.61 bits per heavy atom. The van der Waals surface area contributed by atoms with Crippen LogP contribution in [0, 0.1) is 0 Å². The van der Waals surface area contributed by atoms with Gasteiger partial charge in [0.1, 0.15) is 10.7 Å². The van der Waals surface area contributed by atoms with Gasteiger partial charge in [-0.3, -0.25) is 4.79 Å². The van der Waals surface area contributed by atoms with E-state index in [2.05, 4.69) is 31.2 Å². The SMILES string of the molecule is O=C(Nc1cnc(Br)cn1)[C@@H]1CC[C@H](C(=O)O)O1. The lowest BCUT2D eigenvalue weighted by molar-refractivity contribution is -0.150. The van der Waals surface area contributed by atoms with E-state index in [1.165, 1.54) is 12.4 Å². The van der Waals surface area contributed by atoms with Crippen LogP contribution in [0.3, 0.4) is 0 Å². The van der Waals surface area contributed by atoms with E-state index >= 15 is 0 Å². The van der Waals surface area contributed by atoms with Gasteiger partial charge >= 0.3 is 5.97 Å². The van der Waals surface area contributed by atoms with Crippen LogP contribution in [-0.2, 0) is 14.3 Å². The minimum Gasteiger partial charge on any atom is -0.479 e. The molecule has 2 heterocycles. The van der Waals surface area contributed by atoms with Crippen molar-refractivity contribution in [3.8, 4) is 0 Å². The number of carboxylic acid groups (broad SMARTS) is 1. The molecular weight excluding hydrogens is 306 g/mol. The van der Waals surface area contributed by atoms with Crippen LogP contribution in [0.1, 0.15) is 12.8 Å². The van der Waals surface area contributed by atoms with Gasteiger partial charge in [-0.1, -0.05) is 0 Å². The van der Waals surface area contributed by atoms with Gasteiger partial charge in [-0.15, -0.1) is 0 Å². The quantitative estimate of drug-likeness (QED) is 0.856. The first-order valence-electron chi connectivity index (χ1n) is 5.23. The molecule has 0 aromatic carbocycles. The van der Waals surface area contributed by atoms with E-state index in [1.807, 2.05) is 0 Å². The fourth-order valence-electron chi connectivity index (χ4n) is 1.60. The molecule has 1 fully saturated rings. The molecule has 1 aliphatic rings. The van der Waals surface area contributed by atoms with Gasteiger partial charge in [-0.2, -0.15) is 0 Å². The second kappa shape index (κ2) is 5.40. The number of hydrogen-bond acceptors (Lipinski definition) is 5. The molecule has 1 aliphatic heterocycles. The third-order valence-electron chi connectivity index (χ3n) is 2.46. The fraction of sp³-hybridized carbons (Fsp3) is 0.400. The van der Waals surface area contributed by atoms with E-state index < -0.39 is 24.1 Å². The van der Waals surface area contributed by atoms with Crippen molar-refractivity contribution in [3.63, 3.8) is 0 Å². The predicted octanol–water partition coefficient (Wildman–Crippen LogP) is 0.810. The summed E-state index contributed by atoms with van der Waals surface area (Å²) >= 11 is 3.13. The first kappa shape index (κ1) is 12.9. The molecule has 0 unspecified atom stereocenters. The minimum absolute atomic E-state index is 0.297. The molecule has 0 spiro atoms. The summed E-state index contributed by atoms with van der Waals surface area (Å²) < 4.78 is 5.67. The van der Waals surface area contributed by atoms with Crippen molar-refractivity contribution in [2.45, 2.75) is 25.0 Å². The predicted molar refractivity (Wildman–Crippen MR) is 63.9 cm³/mol. The van der Waals surface area contributed by atoms with Crippen LogP contribution in [0.2, 0.25) is 0 Å². The highest BCUT2D eigenvalue weighted by molar-refractivity contribution is 9.10. The van der Waals surface area contributed by atoms with Crippen molar-refractivity contribution in [2.24, 2.45) is 0 Å². The monoisotopic (exact) mass is 315 g/mol. The Bertz CT molecular complexity index is 465. The van der Waals surface area contributed by atoms with Crippen LogP contribution in [-0.4, -0.2) is 39.2 Å².